The molecule has 1 fully saturated rings. The van der Waals surface area contributed by atoms with Gasteiger partial charge in [-0.3, -0.25) is 9.59 Å². The summed E-state index contributed by atoms with van der Waals surface area (Å²) in [5.41, 5.74) is 0.994. The number of fused-ring (bicyclic) bond motifs is 1. The fourth-order valence-corrected chi connectivity index (χ4v) is 3.48. The van der Waals surface area contributed by atoms with Crippen LogP contribution in [0.2, 0.25) is 0 Å². The van der Waals surface area contributed by atoms with Gasteiger partial charge in [-0.05, 0) is 12.1 Å². The fourth-order valence-electron chi connectivity index (χ4n) is 2.48. The van der Waals surface area contributed by atoms with E-state index in [4.69, 9.17) is 4.74 Å². The first kappa shape index (κ1) is 12.5. The van der Waals surface area contributed by atoms with Crippen LogP contribution in [0.15, 0.2) is 29.2 Å². The molecule has 1 amide bonds. The quantitative estimate of drug-likeness (QED) is 0.777. The SMILES string of the molecule is O=C1C[C@@H](CC(=O)N2CCSc3ccccc32)CO1. The zero-order valence-corrected chi connectivity index (χ0v) is 11.3. The Morgan fingerprint density at radius 1 is 1.42 bits per heavy atom. The Hall–Kier alpha value is -1.49. The van der Waals surface area contributed by atoms with Crippen LogP contribution in [0.25, 0.3) is 0 Å². The molecule has 0 radical (unpaired) electrons. The summed E-state index contributed by atoms with van der Waals surface area (Å²) in [6, 6.07) is 7.97. The molecule has 100 valence electrons. The number of amides is 1. The number of rotatable bonds is 2. The van der Waals surface area contributed by atoms with Crippen molar-refractivity contribution in [2.45, 2.75) is 17.7 Å². The minimum atomic E-state index is -0.188. The van der Waals surface area contributed by atoms with Crippen molar-refractivity contribution in [3.05, 3.63) is 24.3 Å². The predicted octanol–water partition coefficient (Wildman–Crippen LogP) is 2.08. The maximum Gasteiger partial charge on any atom is 0.306 e. The van der Waals surface area contributed by atoms with E-state index in [1.165, 1.54) is 0 Å². The first-order valence-corrected chi connectivity index (χ1v) is 7.40. The fraction of sp³-hybridized carbons (Fsp3) is 0.429. The van der Waals surface area contributed by atoms with Crippen LogP contribution >= 0.6 is 11.8 Å². The van der Waals surface area contributed by atoms with Crippen LogP contribution in [-0.2, 0) is 14.3 Å². The molecule has 1 saturated heterocycles. The molecule has 0 saturated carbocycles. The number of hydrogen-bond donors (Lipinski definition) is 0. The van der Waals surface area contributed by atoms with Crippen LogP contribution in [0.5, 0.6) is 0 Å². The van der Waals surface area contributed by atoms with Crippen LogP contribution in [0.4, 0.5) is 5.69 Å². The maximum absolute atomic E-state index is 12.4. The number of esters is 1. The number of benzene rings is 1. The van der Waals surface area contributed by atoms with Crippen LogP contribution in [0, 0.1) is 5.92 Å². The lowest BCUT2D eigenvalue weighted by Crippen LogP contribution is -2.36. The van der Waals surface area contributed by atoms with Gasteiger partial charge in [0.25, 0.3) is 0 Å². The van der Waals surface area contributed by atoms with E-state index in [1.807, 2.05) is 29.2 Å². The lowest BCUT2D eigenvalue weighted by atomic mass is 10.0. The molecule has 0 unspecified atom stereocenters. The highest BCUT2D eigenvalue weighted by Crippen LogP contribution is 2.35. The summed E-state index contributed by atoms with van der Waals surface area (Å²) in [4.78, 5) is 26.4. The number of ether oxygens (including phenoxy) is 1. The summed E-state index contributed by atoms with van der Waals surface area (Å²) >= 11 is 1.78. The maximum atomic E-state index is 12.4. The van der Waals surface area contributed by atoms with Crippen LogP contribution in [0.3, 0.4) is 0 Å². The van der Waals surface area contributed by atoms with Crippen LogP contribution < -0.4 is 4.90 Å². The molecule has 2 aliphatic rings. The Morgan fingerprint density at radius 3 is 3.05 bits per heavy atom. The van der Waals surface area contributed by atoms with E-state index in [9.17, 15) is 9.59 Å². The normalized spacial score (nSPS) is 22.0. The van der Waals surface area contributed by atoms with Crippen molar-refractivity contribution in [1.29, 1.82) is 0 Å². The molecule has 1 atom stereocenters. The van der Waals surface area contributed by atoms with Crippen LogP contribution in [-0.4, -0.2) is 30.8 Å². The van der Waals surface area contributed by atoms with Crippen molar-refractivity contribution in [2.24, 2.45) is 5.92 Å². The molecule has 4 nitrogen and oxygen atoms in total. The van der Waals surface area contributed by atoms with Gasteiger partial charge in [0.15, 0.2) is 0 Å². The molecule has 0 aliphatic carbocycles. The summed E-state index contributed by atoms with van der Waals surface area (Å²) in [6.45, 7) is 1.12. The van der Waals surface area contributed by atoms with Gasteiger partial charge in [-0.2, -0.15) is 0 Å². The smallest absolute Gasteiger partial charge is 0.306 e. The number of para-hydroxylation sites is 1. The van der Waals surface area contributed by atoms with Crippen molar-refractivity contribution in [1.82, 2.24) is 0 Å². The lowest BCUT2D eigenvalue weighted by molar-refractivity contribution is -0.138. The standard InChI is InChI=1S/C14H15NO3S/c16-13(7-10-8-14(17)18-9-10)15-5-6-19-12-4-2-1-3-11(12)15/h1-4,10H,5-9H2/t10-/m1/s1. The minimum absolute atomic E-state index is 0.0433. The van der Waals surface area contributed by atoms with E-state index in [0.29, 0.717) is 19.4 Å². The van der Waals surface area contributed by atoms with E-state index in [2.05, 4.69) is 0 Å². The molecular weight excluding hydrogens is 262 g/mol. The predicted molar refractivity (Wildman–Crippen MR) is 73.2 cm³/mol. The van der Waals surface area contributed by atoms with Gasteiger partial charge >= 0.3 is 5.97 Å². The van der Waals surface area contributed by atoms with Crippen molar-refractivity contribution < 1.29 is 14.3 Å². The first-order valence-electron chi connectivity index (χ1n) is 6.42. The van der Waals surface area contributed by atoms with Gasteiger partial charge in [-0.1, -0.05) is 12.1 Å². The zero-order valence-electron chi connectivity index (χ0n) is 10.5. The molecule has 19 heavy (non-hydrogen) atoms. The van der Waals surface area contributed by atoms with E-state index in [-0.39, 0.29) is 17.8 Å². The first-order chi connectivity index (χ1) is 9.24. The summed E-state index contributed by atoms with van der Waals surface area (Å²) in [5.74, 6) is 0.869. The highest BCUT2D eigenvalue weighted by Gasteiger charge is 2.29. The monoisotopic (exact) mass is 277 g/mol. The molecule has 0 bridgehead atoms. The number of cyclic esters (lactones) is 1. The second kappa shape index (κ2) is 5.25. The van der Waals surface area contributed by atoms with Gasteiger partial charge in [-0.25, -0.2) is 0 Å². The van der Waals surface area contributed by atoms with Crippen molar-refractivity contribution in [3.63, 3.8) is 0 Å². The molecule has 3 rings (SSSR count). The number of nitrogens with zero attached hydrogens (tertiary/aromatic N) is 1. The molecule has 0 aromatic heterocycles. The van der Waals surface area contributed by atoms with E-state index >= 15 is 0 Å². The Kier molecular flexibility index (Phi) is 3.46. The average Bonchev–Trinajstić information content (AvgIpc) is 2.83. The molecule has 2 aliphatic heterocycles. The van der Waals surface area contributed by atoms with Gasteiger partial charge in [0.05, 0.1) is 18.7 Å². The zero-order chi connectivity index (χ0) is 13.2. The Labute approximate surface area is 116 Å². The second-order valence-electron chi connectivity index (χ2n) is 4.82. The summed E-state index contributed by atoms with van der Waals surface area (Å²) in [5, 5.41) is 0. The van der Waals surface area contributed by atoms with Crippen molar-refractivity contribution in [2.75, 3.05) is 23.8 Å². The Bertz CT molecular complexity index is 517. The second-order valence-corrected chi connectivity index (χ2v) is 5.96. The van der Waals surface area contributed by atoms with Crippen LogP contribution in [0.1, 0.15) is 12.8 Å². The molecule has 5 heteroatoms. The third-order valence-corrected chi connectivity index (χ3v) is 4.47. The van der Waals surface area contributed by atoms with Gasteiger partial charge < -0.3 is 9.64 Å². The van der Waals surface area contributed by atoms with Crippen molar-refractivity contribution in [3.8, 4) is 0 Å². The van der Waals surface area contributed by atoms with Gasteiger partial charge in [-0.15, -0.1) is 11.8 Å². The van der Waals surface area contributed by atoms with Crippen molar-refractivity contribution >= 4 is 29.3 Å². The number of hydrogen-bond acceptors (Lipinski definition) is 4. The highest BCUT2D eigenvalue weighted by atomic mass is 32.2. The van der Waals surface area contributed by atoms with E-state index in [0.717, 1.165) is 22.9 Å². The van der Waals surface area contributed by atoms with Gasteiger partial charge in [0.1, 0.15) is 0 Å². The summed E-state index contributed by atoms with van der Waals surface area (Å²) in [6.07, 6.45) is 0.765. The topological polar surface area (TPSA) is 46.6 Å². The molecule has 0 N–H and O–H groups in total. The number of carbonyl (C=O) groups excluding carboxylic acids is 2. The summed E-state index contributed by atoms with van der Waals surface area (Å²) < 4.78 is 4.91. The lowest BCUT2D eigenvalue weighted by Gasteiger charge is -2.29. The Morgan fingerprint density at radius 2 is 2.26 bits per heavy atom. The number of anilines is 1. The van der Waals surface area contributed by atoms with Gasteiger partial charge in [0.2, 0.25) is 5.91 Å². The average molecular weight is 277 g/mol. The minimum Gasteiger partial charge on any atom is -0.465 e. The highest BCUT2D eigenvalue weighted by molar-refractivity contribution is 7.99. The molecule has 0 spiro atoms. The van der Waals surface area contributed by atoms with E-state index < -0.39 is 0 Å². The third-order valence-electron chi connectivity index (χ3n) is 3.43. The third kappa shape index (κ3) is 2.61. The molecule has 2 heterocycles. The molecular formula is C14H15NO3S. The number of carbonyl (C=O) groups is 2. The number of thioether (sulfide) groups is 1. The van der Waals surface area contributed by atoms with E-state index in [1.54, 1.807) is 11.8 Å². The molecule has 1 aromatic rings. The van der Waals surface area contributed by atoms with Gasteiger partial charge in [0, 0.05) is 29.5 Å². The molecule has 1 aromatic carbocycles. The largest absolute Gasteiger partial charge is 0.465 e. The Balaban J connectivity index is 1.72. The summed E-state index contributed by atoms with van der Waals surface area (Å²) in [7, 11) is 0.